The lowest BCUT2D eigenvalue weighted by Crippen LogP contribution is -2.45. The van der Waals surface area contributed by atoms with Crippen LogP contribution in [0.3, 0.4) is 0 Å². The molecule has 0 radical (unpaired) electrons. The number of hydrogen-bond donors (Lipinski definition) is 3. The molecule has 0 aromatic carbocycles. The van der Waals surface area contributed by atoms with Crippen LogP contribution in [0.4, 0.5) is 0 Å². The van der Waals surface area contributed by atoms with Gasteiger partial charge in [-0.2, -0.15) is 0 Å². The summed E-state index contributed by atoms with van der Waals surface area (Å²) in [5.74, 6) is -0.0521. The minimum absolute atomic E-state index is 0.00914. The summed E-state index contributed by atoms with van der Waals surface area (Å²) in [6, 6.07) is -0.627. The molecule has 0 bridgehead atoms. The third-order valence-electron chi connectivity index (χ3n) is 17.6. The first kappa shape index (κ1) is 81.1. The van der Waals surface area contributed by atoms with Crippen molar-refractivity contribution in [1.29, 1.82) is 0 Å². The molecule has 0 aromatic rings. The molecule has 0 aromatic heterocycles. The SMILES string of the molecule is CCCCCC/C=C\CCCCCCCC(=O)OCCCCCCCCCCCCCC/C=C\CCCCCCCCCCCCCCCCCCC(=O)NC(CO)C(O)/C=C/CCCCCCCCCCCCCCCCCCCCC. The zero-order valence-corrected chi connectivity index (χ0v) is 56.2. The summed E-state index contributed by atoms with van der Waals surface area (Å²) in [7, 11) is 0. The Labute approximate surface area is 519 Å². The highest BCUT2D eigenvalue weighted by molar-refractivity contribution is 5.76. The van der Waals surface area contributed by atoms with Crippen LogP contribution in [0, 0.1) is 0 Å². The van der Waals surface area contributed by atoms with Crippen molar-refractivity contribution in [2.24, 2.45) is 0 Å². The molecule has 6 nitrogen and oxygen atoms in total. The summed E-state index contributed by atoms with van der Waals surface area (Å²) in [5, 5.41) is 23.3. The van der Waals surface area contributed by atoms with Gasteiger partial charge in [-0.1, -0.05) is 359 Å². The maximum Gasteiger partial charge on any atom is 0.305 e. The average molecular weight is 1170 g/mol. The predicted molar refractivity (Wildman–Crippen MR) is 366 cm³/mol. The number of esters is 1. The van der Waals surface area contributed by atoms with Crippen LogP contribution in [-0.4, -0.2) is 47.4 Å². The van der Waals surface area contributed by atoms with E-state index in [0.717, 1.165) is 44.9 Å². The molecular formula is C77H147NO5. The lowest BCUT2D eigenvalue weighted by Gasteiger charge is -2.20. The molecule has 0 aliphatic heterocycles. The van der Waals surface area contributed by atoms with Crippen molar-refractivity contribution in [3.8, 4) is 0 Å². The van der Waals surface area contributed by atoms with Crippen LogP contribution in [0.5, 0.6) is 0 Å². The van der Waals surface area contributed by atoms with Crippen LogP contribution < -0.4 is 5.32 Å². The number of hydrogen-bond acceptors (Lipinski definition) is 5. The van der Waals surface area contributed by atoms with Gasteiger partial charge in [0.2, 0.25) is 5.91 Å². The first-order valence-corrected chi connectivity index (χ1v) is 37.8. The van der Waals surface area contributed by atoms with E-state index in [1.54, 1.807) is 6.08 Å². The number of allylic oxidation sites excluding steroid dienone is 5. The Bertz CT molecular complexity index is 1340. The van der Waals surface area contributed by atoms with Crippen LogP contribution in [0.15, 0.2) is 36.5 Å². The summed E-state index contributed by atoms with van der Waals surface area (Å²) < 4.78 is 5.48. The van der Waals surface area contributed by atoms with E-state index < -0.39 is 12.1 Å². The summed E-state index contributed by atoms with van der Waals surface area (Å²) in [5.41, 5.74) is 0. The third-order valence-corrected chi connectivity index (χ3v) is 17.6. The van der Waals surface area contributed by atoms with Crippen molar-refractivity contribution in [3.05, 3.63) is 36.5 Å². The lowest BCUT2D eigenvalue weighted by atomic mass is 10.0. The number of rotatable bonds is 71. The summed E-state index contributed by atoms with van der Waals surface area (Å²) in [6.45, 7) is 4.93. The second kappa shape index (κ2) is 72.6. The van der Waals surface area contributed by atoms with E-state index in [-0.39, 0.29) is 18.5 Å². The summed E-state index contributed by atoms with van der Waals surface area (Å²) in [6.07, 6.45) is 93.9. The van der Waals surface area contributed by atoms with Gasteiger partial charge in [-0.3, -0.25) is 9.59 Å². The molecule has 1 amide bonds. The van der Waals surface area contributed by atoms with Crippen LogP contribution >= 0.6 is 0 Å². The molecule has 0 aliphatic carbocycles. The van der Waals surface area contributed by atoms with Gasteiger partial charge in [0.25, 0.3) is 0 Å². The van der Waals surface area contributed by atoms with E-state index in [1.807, 2.05) is 6.08 Å². The minimum Gasteiger partial charge on any atom is -0.466 e. The molecular weight excluding hydrogens is 1020 g/mol. The second-order valence-electron chi connectivity index (χ2n) is 26.0. The van der Waals surface area contributed by atoms with E-state index in [4.69, 9.17) is 4.74 Å². The Morgan fingerprint density at radius 3 is 0.867 bits per heavy atom. The van der Waals surface area contributed by atoms with E-state index in [1.165, 1.54) is 347 Å². The van der Waals surface area contributed by atoms with Crippen molar-refractivity contribution in [3.63, 3.8) is 0 Å². The smallest absolute Gasteiger partial charge is 0.305 e. The minimum atomic E-state index is -0.844. The van der Waals surface area contributed by atoms with Gasteiger partial charge in [-0.05, 0) is 83.5 Å². The van der Waals surface area contributed by atoms with E-state index in [9.17, 15) is 19.8 Å². The molecule has 0 fully saturated rings. The second-order valence-corrected chi connectivity index (χ2v) is 26.0. The molecule has 2 atom stereocenters. The highest BCUT2D eigenvalue weighted by Crippen LogP contribution is 2.19. The molecule has 0 aliphatic rings. The number of aliphatic hydroxyl groups is 2. The molecule has 6 heteroatoms. The Balaban J connectivity index is 3.38. The Morgan fingerprint density at radius 1 is 0.325 bits per heavy atom. The number of ether oxygens (including phenoxy) is 1. The topological polar surface area (TPSA) is 95.9 Å². The van der Waals surface area contributed by atoms with Crippen LogP contribution in [0.2, 0.25) is 0 Å². The average Bonchev–Trinajstić information content (AvgIpc) is 3.49. The van der Waals surface area contributed by atoms with E-state index >= 15 is 0 Å². The van der Waals surface area contributed by atoms with Crippen LogP contribution in [0.25, 0.3) is 0 Å². The van der Waals surface area contributed by atoms with E-state index in [0.29, 0.717) is 19.4 Å². The van der Waals surface area contributed by atoms with Crippen LogP contribution in [-0.2, 0) is 14.3 Å². The van der Waals surface area contributed by atoms with Crippen molar-refractivity contribution in [2.45, 2.75) is 431 Å². The molecule has 0 heterocycles. The lowest BCUT2D eigenvalue weighted by molar-refractivity contribution is -0.143. The Hall–Kier alpha value is -1.92. The highest BCUT2D eigenvalue weighted by atomic mass is 16.5. The number of nitrogens with one attached hydrogen (secondary N) is 1. The molecule has 490 valence electrons. The standard InChI is InChI=1S/C77H147NO5/c1-3-5-7-9-11-13-15-17-18-19-20-33-36-39-42-46-49-53-57-61-65-69-75(80)74(73-79)78-76(81)70-66-62-58-54-50-47-43-40-37-34-31-29-27-25-23-21-22-24-26-28-30-32-35-38-41-44-48-52-56-60-64-68-72-83-77(82)71-67-63-59-55-51-45-16-14-12-10-8-6-4-2/h14,16,24,26,65,69,74-75,79-80H,3-13,15,17-23,25,27-64,66-68,70-73H2,1-2H3,(H,78,81)/b16-14-,26-24-,69-65+. The third kappa shape index (κ3) is 69.1. The maximum atomic E-state index is 12.5. The highest BCUT2D eigenvalue weighted by Gasteiger charge is 2.18. The maximum absolute atomic E-state index is 12.5. The molecule has 0 rings (SSSR count). The van der Waals surface area contributed by atoms with Crippen LogP contribution in [0.1, 0.15) is 418 Å². The fourth-order valence-corrected chi connectivity index (χ4v) is 11.9. The van der Waals surface area contributed by atoms with Crippen molar-refractivity contribution < 1.29 is 24.5 Å². The van der Waals surface area contributed by atoms with Gasteiger partial charge < -0.3 is 20.3 Å². The van der Waals surface area contributed by atoms with Crippen molar-refractivity contribution in [1.82, 2.24) is 5.32 Å². The quantitative estimate of drug-likeness (QED) is 0.0320. The van der Waals surface area contributed by atoms with Gasteiger partial charge in [-0.25, -0.2) is 0 Å². The van der Waals surface area contributed by atoms with Crippen molar-refractivity contribution in [2.75, 3.05) is 13.2 Å². The fourth-order valence-electron chi connectivity index (χ4n) is 11.9. The fraction of sp³-hybridized carbons (Fsp3) is 0.896. The largest absolute Gasteiger partial charge is 0.466 e. The number of aliphatic hydroxyl groups excluding tert-OH is 2. The normalized spacial score (nSPS) is 12.7. The van der Waals surface area contributed by atoms with Gasteiger partial charge in [-0.15, -0.1) is 0 Å². The van der Waals surface area contributed by atoms with Gasteiger partial charge in [0.1, 0.15) is 0 Å². The molecule has 0 saturated carbocycles. The molecule has 0 saturated heterocycles. The Kier molecular flexibility index (Phi) is 70.9. The molecule has 3 N–H and O–H groups in total. The first-order chi connectivity index (χ1) is 41.0. The Morgan fingerprint density at radius 2 is 0.566 bits per heavy atom. The first-order valence-electron chi connectivity index (χ1n) is 37.8. The number of carbonyl (C=O) groups is 2. The summed E-state index contributed by atoms with van der Waals surface area (Å²) >= 11 is 0. The summed E-state index contributed by atoms with van der Waals surface area (Å²) in [4.78, 5) is 24.6. The zero-order valence-electron chi connectivity index (χ0n) is 56.2. The number of amides is 1. The van der Waals surface area contributed by atoms with Crippen molar-refractivity contribution >= 4 is 11.9 Å². The number of carbonyl (C=O) groups excluding carboxylic acids is 2. The van der Waals surface area contributed by atoms with Gasteiger partial charge in [0.05, 0.1) is 25.4 Å². The monoisotopic (exact) mass is 1170 g/mol. The number of unbranched alkanes of at least 4 members (excludes halogenated alkanes) is 56. The molecule has 0 spiro atoms. The van der Waals surface area contributed by atoms with Gasteiger partial charge in [0.15, 0.2) is 0 Å². The van der Waals surface area contributed by atoms with Gasteiger partial charge in [0, 0.05) is 12.8 Å². The van der Waals surface area contributed by atoms with E-state index in [2.05, 4.69) is 43.5 Å². The molecule has 2 unspecified atom stereocenters. The molecule has 83 heavy (non-hydrogen) atoms. The predicted octanol–water partition coefficient (Wildman–Crippen LogP) is 24.7. The zero-order chi connectivity index (χ0) is 59.9. The van der Waals surface area contributed by atoms with Gasteiger partial charge >= 0.3 is 5.97 Å².